The van der Waals surface area contributed by atoms with Crippen LogP contribution in [0.5, 0.6) is 0 Å². The Bertz CT molecular complexity index is 834. The SMILES string of the molecule is CSc1ccc(N2CC(C(=O)N3CCCc4ccccc43)CC2=O)cc1. The molecule has 1 unspecified atom stereocenters. The third-order valence-corrected chi connectivity index (χ3v) is 5.98. The van der Waals surface area contributed by atoms with Crippen molar-refractivity contribution in [2.45, 2.75) is 24.2 Å². The van der Waals surface area contributed by atoms with Crippen LogP contribution in [-0.2, 0) is 16.0 Å². The highest BCUT2D eigenvalue weighted by atomic mass is 32.2. The summed E-state index contributed by atoms with van der Waals surface area (Å²) in [7, 11) is 0. The summed E-state index contributed by atoms with van der Waals surface area (Å²) in [4.78, 5) is 30.5. The van der Waals surface area contributed by atoms with Crippen molar-refractivity contribution in [1.29, 1.82) is 0 Å². The zero-order chi connectivity index (χ0) is 18.1. The minimum absolute atomic E-state index is 0.0329. The van der Waals surface area contributed by atoms with Gasteiger partial charge in [-0.1, -0.05) is 18.2 Å². The van der Waals surface area contributed by atoms with E-state index in [-0.39, 0.29) is 17.7 Å². The molecule has 1 atom stereocenters. The molecular formula is C21H22N2O2S. The smallest absolute Gasteiger partial charge is 0.232 e. The number of carbonyl (C=O) groups is 2. The summed E-state index contributed by atoms with van der Waals surface area (Å²) < 4.78 is 0. The molecule has 2 aliphatic rings. The van der Waals surface area contributed by atoms with E-state index in [1.54, 1.807) is 16.7 Å². The van der Waals surface area contributed by atoms with E-state index < -0.39 is 0 Å². The number of hydrogen-bond acceptors (Lipinski definition) is 3. The van der Waals surface area contributed by atoms with E-state index in [1.807, 2.05) is 53.6 Å². The number of nitrogens with zero attached hydrogens (tertiary/aromatic N) is 2. The first-order chi connectivity index (χ1) is 12.7. The third kappa shape index (κ3) is 3.12. The summed E-state index contributed by atoms with van der Waals surface area (Å²) in [5, 5.41) is 0. The summed E-state index contributed by atoms with van der Waals surface area (Å²) >= 11 is 1.67. The molecule has 26 heavy (non-hydrogen) atoms. The maximum absolute atomic E-state index is 13.1. The first kappa shape index (κ1) is 17.2. The second-order valence-electron chi connectivity index (χ2n) is 6.83. The van der Waals surface area contributed by atoms with Crippen molar-refractivity contribution in [3.63, 3.8) is 0 Å². The van der Waals surface area contributed by atoms with Crippen molar-refractivity contribution in [3.8, 4) is 0 Å². The van der Waals surface area contributed by atoms with E-state index in [1.165, 1.54) is 5.56 Å². The molecule has 0 radical (unpaired) electrons. The Labute approximate surface area is 158 Å². The summed E-state index contributed by atoms with van der Waals surface area (Å²) in [6, 6.07) is 16.1. The quantitative estimate of drug-likeness (QED) is 0.777. The predicted octanol–water partition coefficient (Wildman–Crippen LogP) is 3.74. The number of benzene rings is 2. The van der Waals surface area contributed by atoms with Crippen LogP contribution >= 0.6 is 11.8 Å². The van der Waals surface area contributed by atoms with Crippen LogP contribution in [0.2, 0.25) is 0 Å². The molecule has 2 aromatic carbocycles. The second kappa shape index (κ2) is 7.16. The zero-order valence-electron chi connectivity index (χ0n) is 14.9. The van der Waals surface area contributed by atoms with Crippen molar-refractivity contribution < 1.29 is 9.59 Å². The van der Waals surface area contributed by atoms with Crippen LogP contribution < -0.4 is 9.80 Å². The van der Waals surface area contributed by atoms with Crippen molar-refractivity contribution in [3.05, 3.63) is 54.1 Å². The summed E-state index contributed by atoms with van der Waals surface area (Å²) in [5.74, 6) is -0.159. The van der Waals surface area contributed by atoms with Gasteiger partial charge in [0.15, 0.2) is 0 Å². The van der Waals surface area contributed by atoms with Crippen molar-refractivity contribution in [1.82, 2.24) is 0 Å². The standard InChI is InChI=1S/C21H22N2O2S/c1-26-18-10-8-17(9-11-18)23-14-16(13-20(23)24)21(25)22-12-4-6-15-5-2-3-7-19(15)22/h2-3,5,7-11,16H,4,6,12-14H2,1H3. The maximum Gasteiger partial charge on any atom is 0.232 e. The molecule has 1 fully saturated rings. The van der Waals surface area contributed by atoms with Gasteiger partial charge >= 0.3 is 0 Å². The van der Waals surface area contributed by atoms with E-state index in [0.29, 0.717) is 13.0 Å². The van der Waals surface area contributed by atoms with Crippen LogP contribution in [0.3, 0.4) is 0 Å². The molecule has 0 aliphatic carbocycles. The molecule has 2 aromatic rings. The number of anilines is 2. The normalized spacial score (nSPS) is 19.6. The lowest BCUT2D eigenvalue weighted by Crippen LogP contribution is -2.40. The predicted molar refractivity (Wildman–Crippen MR) is 106 cm³/mol. The van der Waals surface area contributed by atoms with Gasteiger partial charge in [0.2, 0.25) is 11.8 Å². The maximum atomic E-state index is 13.1. The molecule has 5 heteroatoms. The minimum atomic E-state index is -0.270. The molecule has 1 saturated heterocycles. The van der Waals surface area contributed by atoms with Gasteiger partial charge in [0.05, 0.1) is 5.92 Å². The number of aryl methyl sites for hydroxylation is 1. The number of thioether (sulfide) groups is 1. The van der Waals surface area contributed by atoms with Crippen molar-refractivity contribution >= 4 is 35.0 Å². The van der Waals surface area contributed by atoms with Gasteiger partial charge in [-0.15, -0.1) is 11.8 Å². The Balaban J connectivity index is 1.52. The molecule has 0 saturated carbocycles. The largest absolute Gasteiger partial charge is 0.312 e. The minimum Gasteiger partial charge on any atom is -0.312 e. The first-order valence-corrected chi connectivity index (χ1v) is 10.2. The van der Waals surface area contributed by atoms with Gasteiger partial charge in [0.1, 0.15) is 0 Å². The van der Waals surface area contributed by atoms with E-state index >= 15 is 0 Å². The molecule has 4 nitrogen and oxygen atoms in total. The van der Waals surface area contributed by atoms with E-state index in [2.05, 4.69) is 6.07 Å². The monoisotopic (exact) mass is 366 g/mol. The second-order valence-corrected chi connectivity index (χ2v) is 7.71. The van der Waals surface area contributed by atoms with Gasteiger partial charge in [-0.05, 0) is 55.0 Å². The third-order valence-electron chi connectivity index (χ3n) is 5.23. The number of hydrogen-bond donors (Lipinski definition) is 0. The van der Waals surface area contributed by atoms with Crippen molar-refractivity contribution in [2.24, 2.45) is 5.92 Å². The number of fused-ring (bicyclic) bond motifs is 1. The highest BCUT2D eigenvalue weighted by Gasteiger charge is 2.38. The topological polar surface area (TPSA) is 40.6 Å². The van der Waals surface area contributed by atoms with Gasteiger partial charge in [-0.2, -0.15) is 0 Å². The zero-order valence-corrected chi connectivity index (χ0v) is 15.7. The average Bonchev–Trinajstić information content (AvgIpc) is 3.08. The van der Waals surface area contributed by atoms with E-state index in [4.69, 9.17) is 0 Å². The number of rotatable bonds is 3. The summed E-state index contributed by atoms with van der Waals surface area (Å²) in [6.45, 7) is 1.21. The molecule has 2 aliphatic heterocycles. The lowest BCUT2D eigenvalue weighted by atomic mass is 9.99. The lowest BCUT2D eigenvalue weighted by Gasteiger charge is -2.31. The van der Waals surface area contributed by atoms with Crippen LogP contribution in [0.25, 0.3) is 0 Å². The van der Waals surface area contributed by atoms with Gasteiger partial charge in [-0.25, -0.2) is 0 Å². The summed E-state index contributed by atoms with van der Waals surface area (Å²) in [6.07, 6.45) is 4.31. The molecule has 134 valence electrons. The Morgan fingerprint density at radius 3 is 2.65 bits per heavy atom. The van der Waals surface area contributed by atoms with Gasteiger partial charge < -0.3 is 9.80 Å². The van der Waals surface area contributed by atoms with Gasteiger partial charge in [0, 0.05) is 35.8 Å². The van der Waals surface area contributed by atoms with Crippen LogP contribution in [0.4, 0.5) is 11.4 Å². The van der Waals surface area contributed by atoms with Gasteiger partial charge in [-0.3, -0.25) is 9.59 Å². The van der Waals surface area contributed by atoms with Crippen LogP contribution in [0, 0.1) is 5.92 Å². The van der Waals surface area contributed by atoms with E-state index in [0.717, 1.165) is 35.7 Å². The highest BCUT2D eigenvalue weighted by Crippen LogP contribution is 2.32. The fourth-order valence-corrected chi connectivity index (χ4v) is 4.28. The molecule has 0 bridgehead atoms. The Kier molecular flexibility index (Phi) is 4.72. The average molecular weight is 366 g/mol. The molecule has 0 N–H and O–H groups in total. The highest BCUT2D eigenvalue weighted by molar-refractivity contribution is 7.98. The van der Waals surface area contributed by atoms with Crippen LogP contribution in [0.1, 0.15) is 18.4 Å². The fourth-order valence-electron chi connectivity index (χ4n) is 3.87. The molecule has 0 spiro atoms. The van der Waals surface area contributed by atoms with E-state index in [9.17, 15) is 9.59 Å². The number of amides is 2. The molecule has 2 amide bonds. The number of para-hydroxylation sites is 1. The van der Waals surface area contributed by atoms with Gasteiger partial charge in [0.25, 0.3) is 0 Å². The lowest BCUT2D eigenvalue weighted by molar-refractivity contribution is -0.124. The van der Waals surface area contributed by atoms with Crippen molar-refractivity contribution in [2.75, 3.05) is 29.1 Å². The molecule has 2 heterocycles. The molecular weight excluding hydrogens is 344 g/mol. The Morgan fingerprint density at radius 1 is 1.12 bits per heavy atom. The number of carbonyl (C=O) groups excluding carboxylic acids is 2. The molecule has 4 rings (SSSR count). The van der Waals surface area contributed by atoms with Crippen LogP contribution in [0.15, 0.2) is 53.4 Å². The summed E-state index contributed by atoms with van der Waals surface area (Å²) in [5.41, 5.74) is 3.11. The molecule has 0 aromatic heterocycles. The Hall–Kier alpha value is -2.27. The first-order valence-electron chi connectivity index (χ1n) is 9.01. The van der Waals surface area contributed by atoms with Crippen LogP contribution in [-0.4, -0.2) is 31.2 Å². The Morgan fingerprint density at radius 2 is 1.88 bits per heavy atom. The fraction of sp³-hybridized carbons (Fsp3) is 0.333.